The predicted octanol–water partition coefficient (Wildman–Crippen LogP) is 4.74. The molecule has 1 N–H and O–H groups in total. The van der Waals surface area contributed by atoms with E-state index >= 15 is 0 Å². The smallest absolute Gasteiger partial charge is 0.243 e. The maximum absolute atomic E-state index is 13.2. The minimum absolute atomic E-state index is 0.0893. The zero-order valence-electron chi connectivity index (χ0n) is 18.4. The van der Waals surface area contributed by atoms with Crippen LogP contribution in [0, 0.1) is 12.8 Å². The highest BCUT2D eigenvalue weighted by atomic mass is 32.2. The molecular weight excluding hydrogens is 434 g/mol. The molecule has 1 saturated heterocycles. The molecule has 0 spiro atoms. The van der Waals surface area contributed by atoms with Gasteiger partial charge in [0.1, 0.15) is 0 Å². The van der Waals surface area contributed by atoms with Crippen LogP contribution in [0.4, 0.5) is 5.69 Å². The summed E-state index contributed by atoms with van der Waals surface area (Å²) in [4.78, 5) is 17.8. The summed E-state index contributed by atoms with van der Waals surface area (Å²) in [5.41, 5.74) is 2.34. The van der Waals surface area contributed by atoms with E-state index < -0.39 is 10.0 Å². The van der Waals surface area contributed by atoms with E-state index in [1.54, 1.807) is 12.1 Å². The Labute approximate surface area is 193 Å². The van der Waals surface area contributed by atoms with E-state index in [1.165, 1.54) is 4.31 Å². The van der Waals surface area contributed by atoms with Crippen molar-refractivity contribution in [3.8, 4) is 0 Å². The number of nitrogens with zero attached hydrogens (tertiary/aromatic N) is 2. The number of hydrogen-bond donors (Lipinski definition) is 1. The summed E-state index contributed by atoms with van der Waals surface area (Å²) in [7, 11) is -3.60. The number of anilines is 1. The number of fused-ring (bicyclic) bond motifs is 2. The van der Waals surface area contributed by atoms with Crippen LogP contribution in [0.2, 0.25) is 0 Å². The normalized spacial score (nSPS) is 15.7. The summed E-state index contributed by atoms with van der Waals surface area (Å²) in [6.45, 7) is 2.56. The fourth-order valence-corrected chi connectivity index (χ4v) is 5.92. The number of sulfonamides is 1. The van der Waals surface area contributed by atoms with Crippen molar-refractivity contribution in [1.82, 2.24) is 9.29 Å². The van der Waals surface area contributed by atoms with Crippen molar-refractivity contribution >= 4 is 43.3 Å². The Bertz CT molecular complexity index is 1460. The van der Waals surface area contributed by atoms with Gasteiger partial charge < -0.3 is 5.32 Å². The summed E-state index contributed by atoms with van der Waals surface area (Å²) in [5.74, 6) is -0.332. The lowest BCUT2D eigenvalue weighted by Crippen LogP contribution is -2.41. The van der Waals surface area contributed by atoms with E-state index in [0.29, 0.717) is 36.5 Å². The third kappa shape index (κ3) is 4.21. The van der Waals surface area contributed by atoms with E-state index in [4.69, 9.17) is 0 Å². The minimum atomic E-state index is -3.60. The van der Waals surface area contributed by atoms with Gasteiger partial charge in [0.05, 0.1) is 16.1 Å². The zero-order valence-corrected chi connectivity index (χ0v) is 19.2. The third-order valence-corrected chi connectivity index (χ3v) is 8.20. The molecule has 168 valence electrons. The van der Waals surface area contributed by atoms with Crippen LogP contribution in [0.3, 0.4) is 0 Å². The van der Waals surface area contributed by atoms with Gasteiger partial charge in [0.25, 0.3) is 0 Å². The Morgan fingerprint density at radius 1 is 0.909 bits per heavy atom. The lowest BCUT2D eigenvalue weighted by atomic mass is 9.97. The van der Waals surface area contributed by atoms with Gasteiger partial charge in [-0.25, -0.2) is 8.42 Å². The lowest BCUT2D eigenvalue weighted by molar-refractivity contribution is -0.120. The highest BCUT2D eigenvalue weighted by Gasteiger charge is 2.32. The van der Waals surface area contributed by atoms with Crippen LogP contribution in [0.15, 0.2) is 77.7 Å². The highest BCUT2D eigenvalue weighted by Crippen LogP contribution is 2.28. The molecule has 0 aliphatic carbocycles. The van der Waals surface area contributed by atoms with Gasteiger partial charge in [-0.3, -0.25) is 9.78 Å². The Morgan fingerprint density at radius 3 is 2.39 bits per heavy atom. The fraction of sp³-hybridized carbons (Fsp3) is 0.231. The average molecular weight is 460 g/mol. The first kappa shape index (κ1) is 21.6. The van der Waals surface area contributed by atoms with Crippen LogP contribution >= 0.6 is 0 Å². The largest absolute Gasteiger partial charge is 0.324 e. The first-order chi connectivity index (χ1) is 15.9. The molecule has 0 unspecified atom stereocenters. The molecule has 0 bridgehead atoms. The molecule has 3 aromatic carbocycles. The van der Waals surface area contributed by atoms with Gasteiger partial charge in [-0.15, -0.1) is 0 Å². The molecule has 7 heteroatoms. The summed E-state index contributed by atoms with van der Waals surface area (Å²) in [5, 5.41) is 5.88. The van der Waals surface area contributed by atoms with Crippen molar-refractivity contribution in [1.29, 1.82) is 0 Å². The van der Waals surface area contributed by atoms with E-state index in [0.717, 1.165) is 27.4 Å². The maximum Gasteiger partial charge on any atom is 0.243 e. The first-order valence-electron chi connectivity index (χ1n) is 11.1. The number of hydrogen-bond acceptors (Lipinski definition) is 4. The number of piperidine rings is 1. The van der Waals surface area contributed by atoms with Gasteiger partial charge in [0.2, 0.25) is 15.9 Å². The van der Waals surface area contributed by atoms with Crippen LogP contribution in [-0.4, -0.2) is 36.7 Å². The summed E-state index contributed by atoms with van der Waals surface area (Å²) >= 11 is 0. The molecule has 5 rings (SSSR count). The lowest BCUT2D eigenvalue weighted by Gasteiger charge is -2.30. The second kappa shape index (κ2) is 8.57. The van der Waals surface area contributed by atoms with Gasteiger partial charge in [0.15, 0.2) is 0 Å². The number of rotatable bonds is 4. The van der Waals surface area contributed by atoms with E-state index in [2.05, 4.69) is 10.3 Å². The number of aromatic nitrogens is 1. The molecule has 1 aliphatic heterocycles. The molecule has 1 aliphatic rings. The van der Waals surface area contributed by atoms with Crippen LogP contribution in [0.25, 0.3) is 21.7 Å². The quantitative estimate of drug-likeness (QED) is 0.478. The molecule has 1 fully saturated rings. The topological polar surface area (TPSA) is 79.4 Å². The number of carbonyl (C=O) groups is 1. The monoisotopic (exact) mass is 459 g/mol. The van der Waals surface area contributed by atoms with Crippen molar-refractivity contribution in [2.24, 2.45) is 5.92 Å². The number of aryl methyl sites for hydroxylation is 1. The predicted molar refractivity (Wildman–Crippen MR) is 131 cm³/mol. The molecular formula is C26H25N3O3S. The van der Waals surface area contributed by atoms with Crippen molar-refractivity contribution in [2.75, 3.05) is 18.4 Å². The van der Waals surface area contributed by atoms with Gasteiger partial charge in [-0.1, -0.05) is 48.5 Å². The number of amides is 1. The molecule has 4 aromatic rings. The molecule has 6 nitrogen and oxygen atoms in total. The van der Waals surface area contributed by atoms with Crippen molar-refractivity contribution in [3.63, 3.8) is 0 Å². The van der Waals surface area contributed by atoms with Crippen LogP contribution in [0.1, 0.15) is 18.5 Å². The molecule has 2 heterocycles. The summed E-state index contributed by atoms with van der Waals surface area (Å²) in [6.07, 6.45) is 0.964. The molecule has 0 radical (unpaired) electrons. The Kier molecular flexibility index (Phi) is 5.60. The second-order valence-electron chi connectivity index (χ2n) is 8.51. The van der Waals surface area contributed by atoms with Crippen molar-refractivity contribution in [3.05, 3.63) is 78.5 Å². The van der Waals surface area contributed by atoms with Crippen LogP contribution < -0.4 is 5.32 Å². The van der Waals surface area contributed by atoms with Crippen molar-refractivity contribution < 1.29 is 13.2 Å². The molecule has 33 heavy (non-hydrogen) atoms. The third-order valence-electron chi connectivity index (χ3n) is 6.30. The average Bonchev–Trinajstić information content (AvgIpc) is 2.84. The fourth-order valence-electron chi connectivity index (χ4n) is 4.42. The number of para-hydroxylation sites is 1. The number of benzene rings is 3. The Morgan fingerprint density at radius 2 is 1.61 bits per heavy atom. The van der Waals surface area contributed by atoms with E-state index in [1.807, 2.05) is 67.6 Å². The standard InChI is InChI=1S/C26H25N3O3S/c1-18-9-10-20-7-4-8-24(25(20)27-18)28-26(30)21-13-15-29(16-14-21)33(31,32)23-12-11-19-5-2-3-6-22(19)17-23/h2-12,17,21H,13-16H2,1H3,(H,28,30). The van der Waals surface area contributed by atoms with Gasteiger partial charge in [-0.2, -0.15) is 4.31 Å². The Balaban J connectivity index is 1.28. The van der Waals surface area contributed by atoms with Gasteiger partial charge in [-0.05, 0) is 54.8 Å². The maximum atomic E-state index is 13.2. The molecule has 1 aromatic heterocycles. The van der Waals surface area contributed by atoms with Crippen LogP contribution in [0.5, 0.6) is 0 Å². The van der Waals surface area contributed by atoms with Gasteiger partial charge >= 0.3 is 0 Å². The SMILES string of the molecule is Cc1ccc2cccc(NC(=O)C3CCN(S(=O)(=O)c4ccc5ccccc5c4)CC3)c2n1. The van der Waals surface area contributed by atoms with Crippen LogP contribution in [-0.2, 0) is 14.8 Å². The summed E-state index contributed by atoms with van der Waals surface area (Å²) in [6, 6.07) is 22.6. The molecule has 0 atom stereocenters. The second-order valence-corrected chi connectivity index (χ2v) is 10.4. The molecule has 1 amide bonds. The number of pyridine rings is 1. The zero-order chi connectivity index (χ0) is 23.0. The Hall–Kier alpha value is -3.29. The molecule has 0 saturated carbocycles. The minimum Gasteiger partial charge on any atom is -0.324 e. The van der Waals surface area contributed by atoms with E-state index in [-0.39, 0.29) is 11.8 Å². The number of nitrogens with one attached hydrogen (secondary N) is 1. The van der Waals surface area contributed by atoms with E-state index in [9.17, 15) is 13.2 Å². The first-order valence-corrected chi connectivity index (χ1v) is 12.5. The van der Waals surface area contributed by atoms with Crippen molar-refractivity contribution in [2.45, 2.75) is 24.7 Å². The summed E-state index contributed by atoms with van der Waals surface area (Å²) < 4.78 is 27.9. The van der Waals surface area contributed by atoms with Gasteiger partial charge in [0, 0.05) is 30.1 Å². The number of carbonyl (C=O) groups excluding carboxylic acids is 1. The highest BCUT2D eigenvalue weighted by molar-refractivity contribution is 7.89.